The van der Waals surface area contributed by atoms with Gasteiger partial charge in [0.2, 0.25) is 11.6 Å². The third kappa shape index (κ3) is 3.97. The molecule has 5 nitrogen and oxygen atoms in total. The van der Waals surface area contributed by atoms with E-state index in [4.69, 9.17) is 14.6 Å². The van der Waals surface area contributed by atoms with E-state index in [1.807, 2.05) is 0 Å². The Morgan fingerprint density at radius 3 is 1.87 bits per heavy atom. The lowest BCUT2D eigenvalue weighted by Crippen LogP contribution is -2.44. The number of carbonyl (C=O) groups excluding carboxylic acids is 1. The van der Waals surface area contributed by atoms with Gasteiger partial charge in [-0.3, -0.25) is 9.59 Å². The van der Waals surface area contributed by atoms with Crippen molar-refractivity contribution in [1.29, 1.82) is 0 Å². The molecule has 88 valence electrons. The highest BCUT2D eigenvalue weighted by Crippen LogP contribution is 2.21. The van der Waals surface area contributed by atoms with Gasteiger partial charge in [-0.25, -0.2) is 0 Å². The van der Waals surface area contributed by atoms with Crippen molar-refractivity contribution in [1.82, 2.24) is 0 Å². The lowest BCUT2D eigenvalue weighted by molar-refractivity contribution is -0.227. The van der Waals surface area contributed by atoms with Crippen molar-refractivity contribution in [2.75, 3.05) is 13.2 Å². The molecule has 0 rings (SSSR count). The topological polar surface area (TPSA) is 72.8 Å². The molecule has 0 spiro atoms. The standard InChI is InChI=1S/C10H18O5/c1-4-10(14-5-2,15-6-3)8(11)7-9(12)13/h4-7H2,1-3H3,(H,12,13). The van der Waals surface area contributed by atoms with Crippen LogP contribution in [0.2, 0.25) is 0 Å². The normalized spacial score (nSPS) is 11.4. The van der Waals surface area contributed by atoms with E-state index in [2.05, 4.69) is 0 Å². The first-order valence-corrected chi connectivity index (χ1v) is 5.05. The van der Waals surface area contributed by atoms with Gasteiger partial charge in [0, 0.05) is 19.6 Å². The summed E-state index contributed by atoms with van der Waals surface area (Å²) in [5.74, 6) is -3.10. The van der Waals surface area contributed by atoms with Crippen LogP contribution in [-0.4, -0.2) is 35.9 Å². The van der Waals surface area contributed by atoms with E-state index in [0.29, 0.717) is 19.6 Å². The summed E-state index contributed by atoms with van der Waals surface area (Å²) in [4.78, 5) is 22.1. The van der Waals surface area contributed by atoms with E-state index in [1.165, 1.54) is 0 Å². The molecule has 0 amide bonds. The summed E-state index contributed by atoms with van der Waals surface area (Å²) >= 11 is 0. The maximum absolute atomic E-state index is 11.7. The van der Waals surface area contributed by atoms with E-state index in [9.17, 15) is 9.59 Å². The van der Waals surface area contributed by atoms with Crippen LogP contribution in [0.1, 0.15) is 33.6 Å². The van der Waals surface area contributed by atoms with Crippen molar-refractivity contribution < 1.29 is 24.2 Å². The van der Waals surface area contributed by atoms with Gasteiger partial charge in [0.1, 0.15) is 6.42 Å². The van der Waals surface area contributed by atoms with Crippen molar-refractivity contribution in [2.45, 2.75) is 39.4 Å². The van der Waals surface area contributed by atoms with Crippen molar-refractivity contribution in [3.8, 4) is 0 Å². The molecule has 0 atom stereocenters. The van der Waals surface area contributed by atoms with Crippen LogP contribution in [0.5, 0.6) is 0 Å². The molecular weight excluding hydrogens is 200 g/mol. The van der Waals surface area contributed by atoms with E-state index in [0.717, 1.165) is 0 Å². The molecular formula is C10H18O5. The molecule has 0 unspecified atom stereocenters. The minimum atomic E-state index is -1.39. The number of hydrogen-bond donors (Lipinski definition) is 1. The number of hydrogen-bond acceptors (Lipinski definition) is 4. The van der Waals surface area contributed by atoms with E-state index in [1.54, 1.807) is 20.8 Å². The second-order valence-corrected chi connectivity index (χ2v) is 2.97. The molecule has 0 aliphatic rings. The number of ketones is 1. The van der Waals surface area contributed by atoms with Gasteiger partial charge in [-0.05, 0) is 13.8 Å². The van der Waals surface area contributed by atoms with E-state index < -0.39 is 24.0 Å². The summed E-state index contributed by atoms with van der Waals surface area (Å²) in [7, 11) is 0. The molecule has 0 saturated heterocycles. The molecule has 0 saturated carbocycles. The fourth-order valence-electron chi connectivity index (χ4n) is 1.34. The molecule has 0 radical (unpaired) electrons. The summed E-state index contributed by atoms with van der Waals surface area (Å²) in [5, 5.41) is 8.55. The maximum Gasteiger partial charge on any atom is 0.311 e. The van der Waals surface area contributed by atoms with Gasteiger partial charge in [0.05, 0.1) is 0 Å². The van der Waals surface area contributed by atoms with Gasteiger partial charge in [0.25, 0.3) is 0 Å². The summed E-state index contributed by atoms with van der Waals surface area (Å²) in [6, 6.07) is 0. The summed E-state index contributed by atoms with van der Waals surface area (Å²) in [5.41, 5.74) is 0. The second-order valence-electron chi connectivity index (χ2n) is 2.97. The molecule has 5 heteroatoms. The highest BCUT2D eigenvalue weighted by molar-refractivity contribution is 5.98. The molecule has 0 heterocycles. The fraction of sp³-hybridized carbons (Fsp3) is 0.800. The smallest absolute Gasteiger partial charge is 0.311 e. The number of Topliss-reactive ketones (excluding diaryl/α,β-unsaturated/α-hetero) is 1. The minimum absolute atomic E-state index is 0.305. The molecule has 1 N–H and O–H groups in total. The monoisotopic (exact) mass is 218 g/mol. The quantitative estimate of drug-likeness (QED) is 0.489. The average molecular weight is 218 g/mol. The average Bonchev–Trinajstić information content (AvgIpc) is 2.16. The maximum atomic E-state index is 11.7. The predicted molar refractivity (Wildman–Crippen MR) is 53.5 cm³/mol. The third-order valence-electron chi connectivity index (χ3n) is 1.96. The molecule has 15 heavy (non-hydrogen) atoms. The number of carboxylic acids is 1. The van der Waals surface area contributed by atoms with Gasteiger partial charge in [-0.2, -0.15) is 0 Å². The van der Waals surface area contributed by atoms with Crippen molar-refractivity contribution in [3.05, 3.63) is 0 Å². The summed E-state index contributed by atoms with van der Waals surface area (Å²) < 4.78 is 10.5. The summed E-state index contributed by atoms with van der Waals surface area (Å²) in [6.07, 6.45) is -0.269. The Hall–Kier alpha value is -0.940. The SMILES string of the molecule is CCOC(CC)(OCC)C(=O)CC(=O)O. The molecule has 0 bridgehead atoms. The van der Waals surface area contributed by atoms with Crippen molar-refractivity contribution in [2.24, 2.45) is 0 Å². The first-order valence-electron chi connectivity index (χ1n) is 5.05. The van der Waals surface area contributed by atoms with Crippen LogP contribution in [0.3, 0.4) is 0 Å². The van der Waals surface area contributed by atoms with Gasteiger partial charge >= 0.3 is 5.97 Å². The fourth-order valence-corrected chi connectivity index (χ4v) is 1.34. The second kappa shape index (κ2) is 6.53. The van der Waals surface area contributed by atoms with Crippen LogP contribution < -0.4 is 0 Å². The Kier molecular flexibility index (Phi) is 6.12. The number of ether oxygens (including phenoxy) is 2. The molecule has 0 fully saturated rings. The Balaban J connectivity index is 4.71. The van der Waals surface area contributed by atoms with Crippen molar-refractivity contribution in [3.63, 3.8) is 0 Å². The van der Waals surface area contributed by atoms with Crippen molar-refractivity contribution >= 4 is 11.8 Å². The third-order valence-corrected chi connectivity index (χ3v) is 1.96. The number of aliphatic carboxylic acids is 1. The lowest BCUT2D eigenvalue weighted by Gasteiger charge is -2.30. The van der Waals surface area contributed by atoms with Gasteiger partial charge in [-0.1, -0.05) is 6.92 Å². The van der Waals surface area contributed by atoms with Crippen LogP contribution in [0, 0.1) is 0 Å². The molecule has 0 aliphatic heterocycles. The molecule has 0 aromatic carbocycles. The summed E-state index contributed by atoms with van der Waals surface area (Å²) in [6.45, 7) is 5.80. The number of rotatable bonds is 8. The zero-order chi connectivity index (χ0) is 11.9. The van der Waals surface area contributed by atoms with Gasteiger partial charge in [0.15, 0.2) is 0 Å². The van der Waals surface area contributed by atoms with Crippen LogP contribution in [-0.2, 0) is 19.1 Å². The number of carboxylic acid groups (broad SMARTS) is 1. The molecule has 0 aromatic rings. The van der Waals surface area contributed by atoms with Gasteiger partial charge < -0.3 is 14.6 Å². The minimum Gasteiger partial charge on any atom is -0.481 e. The highest BCUT2D eigenvalue weighted by atomic mass is 16.7. The number of carbonyl (C=O) groups is 2. The Bertz CT molecular complexity index is 218. The first-order chi connectivity index (χ1) is 7.02. The zero-order valence-corrected chi connectivity index (χ0v) is 9.41. The largest absolute Gasteiger partial charge is 0.481 e. The van der Waals surface area contributed by atoms with Gasteiger partial charge in [-0.15, -0.1) is 0 Å². The lowest BCUT2D eigenvalue weighted by atomic mass is 10.1. The Morgan fingerprint density at radius 2 is 1.60 bits per heavy atom. The molecule has 0 aromatic heterocycles. The Labute approximate surface area is 89.4 Å². The van der Waals surface area contributed by atoms with Crippen LogP contribution >= 0.6 is 0 Å². The first kappa shape index (κ1) is 14.1. The predicted octanol–water partition coefficient (Wildman–Crippen LogP) is 1.21. The Morgan fingerprint density at radius 1 is 1.13 bits per heavy atom. The van der Waals surface area contributed by atoms with E-state index in [-0.39, 0.29) is 0 Å². The van der Waals surface area contributed by atoms with Crippen LogP contribution in [0.4, 0.5) is 0 Å². The van der Waals surface area contributed by atoms with Crippen LogP contribution in [0.25, 0.3) is 0 Å². The molecule has 0 aliphatic carbocycles. The highest BCUT2D eigenvalue weighted by Gasteiger charge is 2.38. The van der Waals surface area contributed by atoms with E-state index >= 15 is 0 Å². The zero-order valence-electron chi connectivity index (χ0n) is 9.41. The van der Waals surface area contributed by atoms with Crippen LogP contribution in [0.15, 0.2) is 0 Å².